The molecule has 0 saturated heterocycles. The summed E-state index contributed by atoms with van der Waals surface area (Å²) in [4.78, 5) is 21.0. The Bertz CT molecular complexity index is 451. The van der Waals surface area contributed by atoms with Crippen LogP contribution in [-0.2, 0) is 0 Å². The van der Waals surface area contributed by atoms with Gasteiger partial charge in [0.2, 0.25) is 0 Å². The first-order chi connectivity index (χ1) is 8.56. The van der Waals surface area contributed by atoms with Crippen molar-refractivity contribution in [2.45, 2.75) is 6.42 Å². The van der Waals surface area contributed by atoms with Gasteiger partial charge in [0.1, 0.15) is 5.69 Å². The van der Waals surface area contributed by atoms with Crippen molar-refractivity contribution in [3.8, 4) is 0 Å². The largest absolute Gasteiger partial charge is 0.478 e. The maximum atomic E-state index is 10.9. The topological polar surface area (TPSA) is 92.5 Å². The van der Waals surface area contributed by atoms with E-state index in [2.05, 4.69) is 5.32 Å². The van der Waals surface area contributed by atoms with E-state index >= 15 is 0 Å². The quantitative estimate of drug-likeness (QED) is 0.449. The van der Waals surface area contributed by atoms with E-state index in [1.54, 1.807) is 11.8 Å². The zero-order valence-electron chi connectivity index (χ0n) is 9.88. The third-order valence-corrected chi connectivity index (χ3v) is 2.98. The predicted molar refractivity (Wildman–Crippen MR) is 71.5 cm³/mol. The highest BCUT2D eigenvalue weighted by atomic mass is 32.2. The van der Waals surface area contributed by atoms with Crippen molar-refractivity contribution >= 4 is 29.1 Å². The van der Waals surface area contributed by atoms with E-state index in [9.17, 15) is 14.9 Å². The molecule has 6 nitrogen and oxygen atoms in total. The van der Waals surface area contributed by atoms with Gasteiger partial charge in [-0.15, -0.1) is 0 Å². The van der Waals surface area contributed by atoms with Crippen molar-refractivity contribution in [3.63, 3.8) is 0 Å². The van der Waals surface area contributed by atoms with E-state index in [1.807, 2.05) is 6.26 Å². The number of thioether (sulfide) groups is 1. The number of rotatable bonds is 7. The molecule has 1 aromatic rings. The first kappa shape index (κ1) is 14.3. The lowest BCUT2D eigenvalue weighted by molar-refractivity contribution is -0.384. The van der Waals surface area contributed by atoms with Crippen LogP contribution in [0.25, 0.3) is 0 Å². The van der Waals surface area contributed by atoms with E-state index in [0.29, 0.717) is 12.2 Å². The summed E-state index contributed by atoms with van der Waals surface area (Å²) in [6.07, 6.45) is 2.88. The zero-order chi connectivity index (χ0) is 13.5. The molecule has 0 aliphatic heterocycles. The third kappa shape index (κ3) is 3.92. The normalized spacial score (nSPS) is 10.1. The molecule has 7 heteroatoms. The van der Waals surface area contributed by atoms with Gasteiger partial charge in [-0.1, -0.05) is 0 Å². The van der Waals surface area contributed by atoms with E-state index in [-0.39, 0.29) is 11.3 Å². The maximum absolute atomic E-state index is 10.9. The van der Waals surface area contributed by atoms with Crippen LogP contribution in [-0.4, -0.2) is 34.6 Å². The first-order valence-corrected chi connectivity index (χ1v) is 6.70. The third-order valence-electron chi connectivity index (χ3n) is 2.28. The summed E-state index contributed by atoms with van der Waals surface area (Å²) in [6, 6.07) is 3.85. The van der Waals surface area contributed by atoms with E-state index in [4.69, 9.17) is 5.11 Å². The molecule has 0 unspecified atom stereocenters. The van der Waals surface area contributed by atoms with Gasteiger partial charge in [0.25, 0.3) is 5.69 Å². The van der Waals surface area contributed by atoms with Gasteiger partial charge in [0.05, 0.1) is 10.5 Å². The molecule has 0 aliphatic rings. The van der Waals surface area contributed by atoms with Crippen LogP contribution in [0.2, 0.25) is 0 Å². The number of benzene rings is 1. The highest BCUT2D eigenvalue weighted by Gasteiger charge is 2.16. The Hall–Kier alpha value is -1.76. The van der Waals surface area contributed by atoms with Crippen LogP contribution in [0.3, 0.4) is 0 Å². The first-order valence-electron chi connectivity index (χ1n) is 5.30. The second kappa shape index (κ2) is 6.85. The average Bonchev–Trinajstić information content (AvgIpc) is 2.34. The minimum Gasteiger partial charge on any atom is -0.478 e. The minimum atomic E-state index is -1.17. The molecule has 0 radical (unpaired) electrons. The number of carbonyl (C=O) groups is 1. The average molecular weight is 270 g/mol. The molecule has 1 rings (SSSR count). The van der Waals surface area contributed by atoms with Crippen LogP contribution in [0.1, 0.15) is 16.8 Å². The lowest BCUT2D eigenvalue weighted by atomic mass is 10.1. The lowest BCUT2D eigenvalue weighted by Crippen LogP contribution is -2.06. The van der Waals surface area contributed by atoms with Crippen LogP contribution in [0, 0.1) is 10.1 Å². The number of carboxylic acids is 1. The fraction of sp³-hybridized carbons (Fsp3) is 0.364. The fourth-order valence-corrected chi connectivity index (χ4v) is 1.84. The summed E-state index contributed by atoms with van der Waals surface area (Å²) in [5, 5.41) is 22.6. The molecule has 0 atom stereocenters. The molecule has 0 bridgehead atoms. The molecular formula is C11H14N2O4S. The molecule has 0 heterocycles. The van der Waals surface area contributed by atoms with Crippen LogP contribution in [0.5, 0.6) is 0 Å². The summed E-state index contributed by atoms with van der Waals surface area (Å²) >= 11 is 1.70. The smallest absolute Gasteiger partial charge is 0.335 e. The van der Waals surface area contributed by atoms with Gasteiger partial charge >= 0.3 is 5.97 Å². The maximum Gasteiger partial charge on any atom is 0.335 e. The minimum absolute atomic E-state index is 0.0867. The highest BCUT2D eigenvalue weighted by molar-refractivity contribution is 7.98. The molecule has 98 valence electrons. The van der Waals surface area contributed by atoms with E-state index in [1.165, 1.54) is 12.1 Å². The van der Waals surface area contributed by atoms with Gasteiger partial charge in [-0.25, -0.2) is 4.79 Å². The van der Waals surface area contributed by atoms with Gasteiger partial charge in [0.15, 0.2) is 0 Å². The molecule has 0 aliphatic carbocycles. The molecule has 0 aromatic heterocycles. The summed E-state index contributed by atoms with van der Waals surface area (Å²) in [7, 11) is 0. The Balaban J connectivity index is 2.83. The number of hydrogen-bond donors (Lipinski definition) is 2. The van der Waals surface area contributed by atoms with Crippen molar-refractivity contribution in [1.29, 1.82) is 0 Å². The standard InChI is InChI=1S/C11H14N2O4S/c1-18-6-2-5-12-9-4-3-8(11(14)15)7-10(9)13(16)17/h3-4,7,12H,2,5-6H2,1H3,(H,14,15). The Morgan fingerprint density at radius 2 is 2.28 bits per heavy atom. The summed E-state index contributed by atoms with van der Waals surface area (Å²) in [6.45, 7) is 0.619. The second-order valence-electron chi connectivity index (χ2n) is 3.57. The molecular weight excluding hydrogens is 256 g/mol. The van der Waals surface area contributed by atoms with Crippen molar-refractivity contribution in [2.24, 2.45) is 0 Å². The Labute approximate surface area is 109 Å². The van der Waals surface area contributed by atoms with Crippen molar-refractivity contribution in [1.82, 2.24) is 0 Å². The molecule has 1 aromatic carbocycles. The monoisotopic (exact) mass is 270 g/mol. The summed E-state index contributed by atoms with van der Waals surface area (Å²) < 4.78 is 0. The molecule has 2 N–H and O–H groups in total. The Kier molecular flexibility index (Phi) is 5.44. The number of carboxylic acid groups (broad SMARTS) is 1. The molecule has 0 amide bonds. The van der Waals surface area contributed by atoms with Gasteiger partial charge < -0.3 is 10.4 Å². The van der Waals surface area contributed by atoms with Crippen LogP contribution in [0.15, 0.2) is 18.2 Å². The number of anilines is 1. The van der Waals surface area contributed by atoms with Crippen molar-refractivity contribution in [3.05, 3.63) is 33.9 Å². The Morgan fingerprint density at radius 1 is 1.56 bits per heavy atom. The van der Waals surface area contributed by atoms with Crippen LogP contribution < -0.4 is 5.32 Å². The number of nitro benzene ring substituents is 1. The van der Waals surface area contributed by atoms with Gasteiger partial charge in [0, 0.05) is 12.6 Å². The highest BCUT2D eigenvalue weighted by Crippen LogP contribution is 2.25. The number of nitrogens with zero attached hydrogens (tertiary/aromatic N) is 1. The van der Waals surface area contributed by atoms with Gasteiger partial charge in [-0.2, -0.15) is 11.8 Å². The number of nitrogens with one attached hydrogen (secondary N) is 1. The summed E-state index contributed by atoms with van der Waals surface area (Å²) in [5.74, 6) is -0.208. The molecule has 0 saturated carbocycles. The van der Waals surface area contributed by atoms with Crippen LogP contribution >= 0.6 is 11.8 Å². The Morgan fingerprint density at radius 3 is 2.83 bits per heavy atom. The predicted octanol–water partition coefficient (Wildman–Crippen LogP) is 2.46. The van der Waals surface area contributed by atoms with Gasteiger partial charge in [-0.05, 0) is 30.6 Å². The number of aromatic carboxylic acids is 1. The lowest BCUT2D eigenvalue weighted by Gasteiger charge is -2.07. The molecule has 18 heavy (non-hydrogen) atoms. The molecule has 0 spiro atoms. The van der Waals surface area contributed by atoms with E-state index < -0.39 is 10.9 Å². The molecule has 0 fully saturated rings. The zero-order valence-corrected chi connectivity index (χ0v) is 10.7. The van der Waals surface area contributed by atoms with E-state index in [0.717, 1.165) is 18.2 Å². The fourth-order valence-electron chi connectivity index (χ4n) is 1.40. The summed E-state index contributed by atoms with van der Waals surface area (Å²) in [5.41, 5.74) is 0.0570. The SMILES string of the molecule is CSCCCNc1ccc(C(=O)O)cc1[N+](=O)[O-]. The van der Waals surface area contributed by atoms with Crippen LogP contribution in [0.4, 0.5) is 11.4 Å². The number of hydrogen-bond acceptors (Lipinski definition) is 5. The van der Waals surface area contributed by atoms with Gasteiger partial charge in [-0.3, -0.25) is 10.1 Å². The second-order valence-corrected chi connectivity index (χ2v) is 4.55. The number of nitro groups is 1. The van der Waals surface area contributed by atoms with Crippen molar-refractivity contribution < 1.29 is 14.8 Å². The van der Waals surface area contributed by atoms with Crippen molar-refractivity contribution in [2.75, 3.05) is 23.9 Å².